The number of aldehydes is 1. The van der Waals surface area contributed by atoms with Crippen molar-refractivity contribution < 1.29 is 31.9 Å². The lowest BCUT2D eigenvalue weighted by Crippen LogP contribution is -2.40. The molecule has 1 aromatic carbocycles. The summed E-state index contributed by atoms with van der Waals surface area (Å²) in [6.45, 7) is 4.11. The van der Waals surface area contributed by atoms with E-state index in [-0.39, 0.29) is 23.1 Å². The largest absolute Gasteiger partial charge is 0.469 e. The fourth-order valence-electron chi connectivity index (χ4n) is 3.53. The maximum atomic E-state index is 13.1. The van der Waals surface area contributed by atoms with E-state index in [0.717, 1.165) is 37.8 Å². The highest BCUT2D eigenvalue weighted by molar-refractivity contribution is 6.10. The third kappa shape index (κ3) is 7.34. The zero-order chi connectivity index (χ0) is 25.5. The van der Waals surface area contributed by atoms with E-state index in [4.69, 9.17) is 10.1 Å². The highest BCUT2D eigenvalue weighted by Crippen LogP contribution is 2.32. The van der Waals surface area contributed by atoms with E-state index in [2.05, 4.69) is 28.8 Å². The van der Waals surface area contributed by atoms with Crippen molar-refractivity contribution in [3.8, 4) is 0 Å². The number of nitrogens with zero attached hydrogens (tertiary/aromatic N) is 2. The number of halogens is 4. The molecule has 184 valence electrons. The average molecular weight is 482 g/mol. The Labute approximate surface area is 194 Å². The van der Waals surface area contributed by atoms with Crippen molar-refractivity contribution >= 4 is 23.5 Å². The normalized spacial score (nSPS) is 19.1. The molecule has 34 heavy (non-hydrogen) atoms. The molecular formula is C23H26F4N4O3. The van der Waals surface area contributed by atoms with Gasteiger partial charge in [0, 0.05) is 6.54 Å². The number of benzene rings is 1. The number of imidazole rings is 1. The zero-order valence-corrected chi connectivity index (χ0v) is 18.9. The topological polar surface area (TPSA) is 99.1 Å². The number of ether oxygens (including phenoxy) is 1. The van der Waals surface area contributed by atoms with E-state index in [9.17, 15) is 27.2 Å². The lowest BCUT2D eigenvalue weighted by molar-refractivity contribution is -0.149. The second kappa shape index (κ2) is 11.7. The van der Waals surface area contributed by atoms with Crippen LogP contribution in [0.4, 0.5) is 17.6 Å². The average Bonchev–Trinajstić information content (AvgIpc) is 3.25. The Bertz CT molecular complexity index is 1030. The molecule has 0 amide bonds. The molecule has 1 fully saturated rings. The number of esters is 1. The first-order valence-electron chi connectivity index (χ1n) is 10.4. The van der Waals surface area contributed by atoms with Crippen LogP contribution in [0.3, 0.4) is 0 Å². The number of allylic oxidation sites excluding steroid dienone is 2. The van der Waals surface area contributed by atoms with Gasteiger partial charge in [0.25, 0.3) is 0 Å². The van der Waals surface area contributed by atoms with E-state index in [1.54, 1.807) is 0 Å². The third-order valence-corrected chi connectivity index (χ3v) is 5.34. The Morgan fingerprint density at radius 1 is 1.29 bits per heavy atom. The highest BCUT2D eigenvalue weighted by atomic mass is 19.4. The first-order valence-corrected chi connectivity index (χ1v) is 10.4. The highest BCUT2D eigenvalue weighted by Gasteiger charge is 2.37. The summed E-state index contributed by atoms with van der Waals surface area (Å²) >= 11 is 0. The van der Waals surface area contributed by atoms with Crippen molar-refractivity contribution in [2.75, 3.05) is 27.2 Å². The lowest BCUT2D eigenvalue weighted by atomic mass is 9.87. The van der Waals surface area contributed by atoms with Crippen molar-refractivity contribution in [2.24, 2.45) is 11.8 Å². The van der Waals surface area contributed by atoms with Crippen molar-refractivity contribution in [1.29, 1.82) is 5.41 Å². The van der Waals surface area contributed by atoms with Crippen LogP contribution in [-0.2, 0) is 9.53 Å². The van der Waals surface area contributed by atoms with Crippen LogP contribution >= 0.6 is 0 Å². The Morgan fingerprint density at radius 2 is 1.94 bits per heavy atom. The predicted molar refractivity (Wildman–Crippen MR) is 118 cm³/mol. The van der Waals surface area contributed by atoms with E-state index in [1.807, 2.05) is 0 Å². The number of aromatic amines is 1. The molecule has 2 atom stereocenters. The fraction of sp³-hybridized carbons (Fsp3) is 0.391. The van der Waals surface area contributed by atoms with Crippen LogP contribution in [0.25, 0.3) is 5.57 Å². The molecule has 2 N–H and O–H groups in total. The SMILES string of the molecule is COC(=O)C1CCN(C)CC1C.N=C(/C=C(\c1ncc(C=O)[nH]1)C(F)(F)F)c1ccc(F)cc1. The van der Waals surface area contributed by atoms with E-state index in [0.29, 0.717) is 18.3 Å². The maximum absolute atomic E-state index is 13.1. The van der Waals surface area contributed by atoms with Gasteiger partial charge in [-0.05, 0) is 61.8 Å². The summed E-state index contributed by atoms with van der Waals surface area (Å²) in [6.07, 6.45) is -1.98. The molecule has 0 spiro atoms. The molecule has 0 aliphatic carbocycles. The number of methoxy groups -OCH3 is 1. The molecule has 7 nitrogen and oxygen atoms in total. The molecule has 2 heterocycles. The number of rotatable bonds is 5. The first-order chi connectivity index (χ1) is 16.0. The van der Waals surface area contributed by atoms with Crippen molar-refractivity contribution in [1.82, 2.24) is 14.9 Å². The lowest BCUT2D eigenvalue weighted by Gasteiger charge is -2.32. The standard InChI is InChI=1S/C14H9F4N3O.C9H17NO2/c15-9-3-1-8(2-4-9)12(19)5-11(14(16,17)18)13-20-6-10(7-22)21-13;1-7-6-10(2)5-4-8(7)9(11)12-3/h1-7,19H,(H,20,21);7-8H,4-6H2,1-3H3/b11-5+,19-12?;. The quantitative estimate of drug-likeness (QED) is 0.289. The van der Waals surface area contributed by atoms with Gasteiger partial charge in [-0.15, -0.1) is 0 Å². The number of likely N-dealkylation sites (tertiary alicyclic amines) is 1. The maximum Gasteiger partial charge on any atom is 0.420 e. The molecule has 3 rings (SSSR count). The number of hydrogen-bond acceptors (Lipinski definition) is 6. The van der Waals surface area contributed by atoms with Crippen LogP contribution in [0.1, 0.15) is 35.2 Å². The molecule has 0 bridgehead atoms. The van der Waals surface area contributed by atoms with Crippen molar-refractivity contribution in [3.63, 3.8) is 0 Å². The molecular weight excluding hydrogens is 456 g/mol. The number of alkyl halides is 3. The van der Waals surface area contributed by atoms with Gasteiger partial charge in [0.1, 0.15) is 17.2 Å². The van der Waals surface area contributed by atoms with Gasteiger partial charge in [0.2, 0.25) is 0 Å². The minimum absolute atomic E-state index is 0.0457. The molecule has 0 radical (unpaired) electrons. The fourth-order valence-corrected chi connectivity index (χ4v) is 3.53. The van der Waals surface area contributed by atoms with Crippen LogP contribution in [-0.4, -0.2) is 66.3 Å². The van der Waals surface area contributed by atoms with Crippen LogP contribution in [0.15, 0.2) is 36.5 Å². The summed E-state index contributed by atoms with van der Waals surface area (Å²) in [5.41, 5.74) is -1.66. The van der Waals surface area contributed by atoms with Crippen LogP contribution in [0.2, 0.25) is 0 Å². The van der Waals surface area contributed by atoms with E-state index >= 15 is 0 Å². The summed E-state index contributed by atoms with van der Waals surface area (Å²) in [6, 6.07) is 4.48. The molecule has 1 saturated heterocycles. The van der Waals surface area contributed by atoms with Gasteiger partial charge >= 0.3 is 12.1 Å². The minimum Gasteiger partial charge on any atom is -0.469 e. The second-order valence-electron chi connectivity index (χ2n) is 7.94. The minimum atomic E-state index is -4.77. The number of nitrogens with one attached hydrogen (secondary N) is 2. The second-order valence-corrected chi connectivity index (χ2v) is 7.94. The van der Waals surface area contributed by atoms with Gasteiger partial charge in [-0.2, -0.15) is 13.2 Å². The van der Waals surface area contributed by atoms with Crippen LogP contribution in [0, 0.1) is 23.1 Å². The Morgan fingerprint density at radius 3 is 2.44 bits per heavy atom. The van der Waals surface area contributed by atoms with E-state index < -0.39 is 29.1 Å². The molecule has 1 aliphatic rings. The van der Waals surface area contributed by atoms with E-state index in [1.165, 1.54) is 19.2 Å². The first kappa shape index (κ1) is 26.9. The van der Waals surface area contributed by atoms with Gasteiger partial charge < -0.3 is 20.0 Å². The van der Waals surface area contributed by atoms with Gasteiger partial charge in [0.05, 0.1) is 30.6 Å². The summed E-state index contributed by atoms with van der Waals surface area (Å²) in [5.74, 6) is -0.627. The number of hydrogen-bond donors (Lipinski definition) is 2. The monoisotopic (exact) mass is 482 g/mol. The molecule has 11 heteroatoms. The Kier molecular flexibility index (Phi) is 9.25. The third-order valence-electron chi connectivity index (χ3n) is 5.34. The number of aromatic nitrogens is 2. The molecule has 1 aliphatic heterocycles. The van der Waals surface area contributed by atoms with Gasteiger partial charge in [0.15, 0.2) is 6.29 Å². The summed E-state index contributed by atoms with van der Waals surface area (Å²) in [4.78, 5) is 29.7. The number of carbonyl (C=O) groups excluding carboxylic acids is 2. The predicted octanol–water partition coefficient (Wildman–Crippen LogP) is 4.12. The molecule has 0 saturated carbocycles. The summed E-state index contributed by atoms with van der Waals surface area (Å²) < 4.78 is 56.8. The van der Waals surface area contributed by atoms with Crippen LogP contribution < -0.4 is 0 Å². The summed E-state index contributed by atoms with van der Waals surface area (Å²) in [7, 11) is 3.55. The Hall–Kier alpha value is -3.34. The number of piperidine rings is 1. The number of H-pyrrole nitrogens is 1. The molecule has 2 aromatic rings. The van der Waals surface area contributed by atoms with Gasteiger partial charge in [-0.1, -0.05) is 6.92 Å². The van der Waals surface area contributed by atoms with Gasteiger partial charge in [-0.3, -0.25) is 9.59 Å². The van der Waals surface area contributed by atoms with Crippen LogP contribution in [0.5, 0.6) is 0 Å². The Balaban J connectivity index is 0.000000287. The zero-order valence-electron chi connectivity index (χ0n) is 18.9. The number of carbonyl (C=O) groups is 2. The smallest absolute Gasteiger partial charge is 0.420 e. The molecule has 1 aromatic heterocycles. The van der Waals surface area contributed by atoms with Crippen molar-refractivity contribution in [3.05, 3.63) is 59.4 Å². The van der Waals surface area contributed by atoms with Crippen molar-refractivity contribution in [2.45, 2.75) is 19.5 Å². The molecule has 2 unspecified atom stereocenters. The van der Waals surface area contributed by atoms with Gasteiger partial charge in [-0.25, -0.2) is 9.37 Å². The summed E-state index contributed by atoms with van der Waals surface area (Å²) in [5, 5.41) is 7.70.